The first-order valence-electron chi connectivity index (χ1n) is 8.70. The second kappa shape index (κ2) is 7.91. The van der Waals surface area contributed by atoms with Crippen LogP contribution in [0.4, 0.5) is 16.2 Å². The summed E-state index contributed by atoms with van der Waals surface area (Å²) in [5, 5.41) is 5.68. The van der Waals surface area contributed by atoms with Gasteiger partial charge in [0, 0.05) is 24.3 Å². The van der Waals surface area contributed by atoms with Crippen LogP contribution in [0.2, 0.25) is 0 Å². The van der Waals surface area contributed by atoms with Crippen molar-refractivity contribution in [3.8, 4) is 5.75 Å². The van der Waals surface area contributed by atoms with Gasteiger partial charge in [-0.1, -0.05) is 19.1 Å². The number of methoxy groups -OCH3 is 1. The van der Waals surface area contributed by atoms with Gasteiger partial charge >= 0.3 is 6.03 Å². The zero-order valence-electron chi connectivity index (χ0n) is 15.0. The molecule has 3 rings (SSSR count). The van der Waals surface area contributed by atoms with Gasteiger partial charge in [-0.2, -0.15) is 0 Å². The summed E-state index contributed by atoms with van der Waals surface area (Å²) in [5.74, 6) is 0.733. The summed E-state index contributed by atoms with van der Waals surface area (Å²) in [6.07, 6.45) is 1.24. The van der Waals surface area contributed by atoms with Crippen molar-refractivity contribution < 1.29 is 14.3 Å². The van der Waals surface area contributed by atoms with E-state index in [9.17, 15) is 9.59 Å². The predicted molar refractivity (Wildman–Crippen MR) is 102 cm³/mol. The standard InChI is InChI=1S/C20H23N3O3/c1-3-14-4-6-15(7-5-14)21-20(25)22-16-12-19(24)23(13-16)17-8-10-18(26-2)11-9-17/h4-11,16H,3,12-13H2,1-2H3,(H2,21,22,25)/t16-/m0/s1. The minimum absolute atomic E-state index is 0.00670. The molecule has 1 atom stereocenters. The average Bonchev–Trinajstić information content (AvgIpc) is 3.02. The minimum atomic E-state index is -0.302. The predicted octanol–water partition coefficient (Wildman–Crippen LogP) is 3.18. The Balaban J connectivity index is 1.56. The molecule has 0 radical (unpaired) electrons. The molecule has 6 nitrogen and oxygen atoms in total. The van der Waals surface area contributed by atoms with Crippen LogP contribution < -0.4 is 20.3 Å². The number of anilines is 2. The molecule has 0 aliphatic carbocycles. The van der Waals surface area contributed by atoms with Crippen LogP contribution in [0.25, 0.3) is 0 Å². The van der Waals surface area contributed by atoms with Crippen LogP contribution in [0.3, 0.4) is 0 Å². The van der Waals surface area contributed by atoms with Gasteiger partial charge < -0.3 is 20.3 Å². The lowest BCUT2D eigenvalue weighted by Crippen LogP contribution is -2.39. The third-order valence-electron chi connectivity index (χ3n) is 4.46. The van der Waals surface area contributed by atoms with Gasteiger partial charge in [-0.25, -0.2) is 4.79 Å². The number of amides is 3. The molecule has 1 heterocycles. The maximum atomic E-state index is 12.3. The van der Waals surface area contributed by atoms with Crippen molar-refractivity contribution in [2.45, 2.75) is 25.8 Å². The number of rotatable bonds is 5. The zero-order chi connectivity index (χ0) is 18.5. The first-order valence-corrected chi connectivity index (χ1v) is 8.70. The Morgan fingerprint density at radius 3 is 2.46 bits per heavy atom. The summed E-state index contributed by atoms with van der Waals surface area (Å²) < 4.78 is 5.13. The van der Waals surface area contributed by atoms with Gasteiger partial charge in [0.25, 0.3) is 0 Å². The Morgan fingerprint density at radius 1 is 1.15 bits per heavy atom. The smallest absolute Gasteiger partial charge is 0.319 e. The van der Waals surface area contributed by atoms with E-state index in [4.69, 9.17) is 4.74 Å². The van der Waals surface area contributed by atoms with E-state index in [0.717, 1.165) is 23.5 Å². The van der Waals surface area contributed by atoms with Crippen LogP contribution in [-0.2, 0) is 11.2 Å². The highest BCUT2D eigenvalue weighted by molar-refractivity contribution is 5.97. The number of urea groups is 1. The molecule has 1 fully saturated rings. The van der Waals surface area contributed by atoms with Gasteiger partial charge in [0.2, 0.25) is 5.91 Å². The van der Waals surface area contributed by atoms with Gasteiger partial charge in [-0.3, -0.25) is 4.79 Å². The Kier molecular flexibility index (Phi) is 5.41. The highest BCUT2D eigenvalue weighted by atomic mass is 16.5. The zero-order valence-corrected chi connectivity index (χ0v) is 15.0. The Labute approximate surface area is 153 Å². The number of benzene rings is 2. The molecule has 0 aromatic heterocycles. The van der Waals surface area contributed by atoms with E-state index >= 15 is 0 Å². The van der Waals surface area contributed by atoms with Crippen molar-refractivity contribution in [1.82, 2.24) is 5.32 Å². The average molecular weight is 353 g/mol. The van der Waals surface area contributed by atoms with E-state index in [2.05, 4.69) is 17.6 Å². The highest BCUT2D eigenvalue weighted by Gasteiger charge is 2.31. The quantitative estimate of drug-likeness (QED) is 0.867. The van der Waals surface area contributed by atoms with Crippen LogP contribution in [-0.4, -0.2) is 31.6 Å². The SMILES string of the molecule is CCc1ccc(NC(=O)N[C@H]2CC(=O)N(c3ccc(OC)cc3)C2)cc1. The van der Waals surface area contributed by atoms with Crippen molar-refractivity contribution in [2.24, 2.45) is 0 Å². The van der Waals surface area contributed by atoms with E-state index in [0.29, 0.717) is 6.54 Å². The number of carbonyl (C=O) groups excluding carboxylic acids is 2. The van der Waals surface area contributed by atoms with Crippen molar-refractivity contribution in [3.63, 3.8) is 0 Å². The Morgan fingerprint density at radius 2 is 1.85 bits per heavy atom. The van der Waals surface area contributed by atoms with Crippen LogP contribution in [0.1, 0.15) is 18.9 Å². The third kappa shape index (κ3) is 4.14. The first-order chi connectivity index (χ1) is 12.6. The number of nitrogens with one attached hydrogen (secondary N) is 2. The van der Waals surface area contributed by atoms with Gasteiger partial charge in [0.15, 0.2) is 0 Å². The maximum absolute atomic E-state index is 12.3. The molecule has 1 aliphatic rings. The van der Waals surface area contributed by atoms with Crippen molar-refractivity contribution in [3.05, 3.63) is 54.1 Å². The second-order valence-corrected chi connectivity index (χ2v) is 6.25. The number of hydrogen-bond acceptors (Lipinski definition) is 3. The van der Waals surface area contributed by atoms with Crippen molar-refractivity contribution in [2.75, 3.05) is 23.9 Å². The van der Waals surface area contributed by atoms with Crippen molar-refractivity contribution >= 4 is 23.3 Å². The molecule has 0 spiro atoms. The molecule has 0 saturated carbocycles. The van der Waals surface area contributed by atoms with E-state index in [-0.39, 0.29) is 24.4 Å². The molecule has 0 unspecified atom stereocenters. The van der Waals surface area contributed by atoms with E-state index in [1.807, 2.05) is 48.5 Å². The Hall–Kier alpha value is -3.02. The number of aryl methyl sites for hydroxylation is 1. The molecule has 2 aromatic rings. The number of carbonyl (C=O) groups is 2. The second-order valence-electron chi connectivity index (χ2n) is 6.25. The molecule has 26 heavy (non-hydrogen) atoms. The van der Waals surface area contributed by atoms with Gasteiger partial charge in [-0.15, -0.1) is 0 Å². The lowest BCUT2D eigenvalue weighted by Gasteiger charge is -2.18. The summed E-state index contributed by atoms with van der Waals surface area (Å²) in [6.45, 7) is 2.54. The number of nitrogens with zero attached hydrogens (tertiary/aromatic N) is 1. The summed E-state index contributed by atoms with van der Waals surface area (Å²) >= 11 is 0. The molecule has 3 amide bonds. The van der Waals surface area contributed by atoms with Crippen LogP contribution in [0.5, 0.6) is 5.75 Å². The van der Waals surface area contributed by atoms with Gasteiger partial charge in [0.1, 0.15) is 5.75 Å². The molecule has 1 aliphatic heterocycles. The fourth-order valence-electron chi connectivity index (χ4n) is 2.99. The fourth-order valence-corrected chi connectivity index (χ4v) is 2.99. The largest absolute Gasteiger partial charge is 0.497 e. The molecule has 1 saturated heterocycles. The van der Waals surface area contributed by atoms with Crippen LogP contribution >= 0.6 is 0 Å². The fraction of sp³-hybridized carbons (Fsp3) is 0.300. The number of hydrogen-bond donors (Lipinski definition) is 2. The van der Waals surface area contributed by atoms with Gasteiger partial charge in [0.05, 0.1) is 13.2 Å². The first kappa shape index (κ1) is 17.8. The third-order valence-corrected chi connectivity index (χ3v) is 4.46. The molecule has 136 valence electrons. The lowest BCUT2D eigenvalue weighted by atomic mass is 10.1. The Bertz CT molecular complexity index is 772. The van der Waals surface area contributed by atoms with Crippen molar-refractivity contribution in [1.29, 1.82) is 0 Å². The molecule has 2 N–H and O–H groups in total. The van der Waals surface area contributed by atoms with Crippen LogP contribution in [0, 0.1) is 0 Å². The van der Waals surface area contributed by atoms with E-state index in [1.165, 1.54) is 5.56 Å². The normalized spacial score (nSPS) is 16.5. The molecule has 0 bridgehead atoms. The monoisotopic (exact) mass is 353 g/mol. The minimum Gasteiger partial charge on any atom is -0.497 e. The lowest BCUT2D eigenvalue weighted by molar-refractivity contribution is -0.117. The molecular weight excluding hydrogens is 330 g/mol. The summed E-state index contributed by atoms with van der Waals surface area (Å²) in [7, 11) is 1.60. The van der Waals surface area contributed by atoms with Gasteiger partial charge in [-0.05, 0) is 48.4 Å². The topological polar surface area (TPSA) is 70.7 Å². The molecule has 6 heteroatoms. The molecule has 2 aromatic carbocycles. The maximum Gasteiger partial charge on any atom is 0.319 e. The summed E-state index contributed by atoms with van der Waals surface area (Å²) in [6, 6.07) is 14.5. The summed E-state index contributed by atoms with van der Waals surface area (Å²) in [5.41, 5.74) is 2.75. The van der Waals surface area contributed by atoms with E-state index in [1.54, 1.807) is 12.0 Å². The highest BCUT2D eigenvalue weighted by Crippen LogP contribution is 2.24. The molecular formula is C20H23N3O3. The van der Waals surface area contributed by atoms with Crippen LogP contribution in [0.15, 0.2) is 48.5 Å². The van der Waals surface area contributed by atoms with E-state index < -0.39 is 0 Å². The number of ether oxygens (including phenoxy) is 1. The summed E-state index contributed by atoms with van der Waals surface area (Å²) in [4.78, 5) is 26.1.